The zero-order chi connectivity index (χ0) is 14.6. The van der Waals surface area contributed by atoms with Gasteiger partial charge < -0.3 is 15.2 Å². The van der Waals surface area contributed by atoms with Crippen LogP contribution in [0.15, 0.2) is 6.20 Å². The van der Waals surface area contributed by atoms with Gasteiger partial charge in [-0.25, -0.2) is 4.98 Å². The number of pyridine rings is 1. The molecule has 0 aromatic carbocycles. The van der Waals surface area contributed by atoms with E-state index >= 15 is 0 Å². The number of aromatic nitrogens is 1. The van der Waals surface area contributed by atoms with Crippen molar-refractivity contribution in [1.29, 1.82) is 0 Å². The van der Waals surface area contributed by atoms with Crippen LogP contribution in [-0.4, -0.2) is 24.4 Å². The lowest BCUT2D eigenvalue weighted by Gasteiger charge is -2.16. The number of rotatable bonds is 4. The predicted octanol–water partition coefficient (Wildman–Crippen LogP) is 1.46. The first-order chi connectivity index (χ1) is 8.78. The summed E-state index contributed by atoms with van der Waals surface area (Å²) in [7, 11) is 1.14. The molecule has 5 nitrogen and oxygen atoms in total. The minimum atomic E-state index is -4.89. The van der Waals surface area contributed by atoms with E-state index in [4.69, 9.17) is 5.73 Å². The molecule has 2 N–H and O–H groups in total. The maximum absolute atomic E-state index is 12.3. The van der Waals surface area contributed by atoms with Crippen LogP contribution in [0.2, 0.25) is 0 Å². The Morgan fingerprint density at radius 2 is 2.05 bits per heavy atom. The Morgan fingerprint density at radius 1 is 1.42 bits per heavy atom. The summed E-state index contributed by atoms with van der Waals surface area (Å²) in [4.78, 5) is 14.8. The number of halogens is 3. The van der Waals surface area contributed by atoms with E-state index in [0.29, 0.717) is 11.1 Å². The van der Waals surface area contributed by atoms with Crippen LogP contribution in [0.1, 0.15) is 16.7 Å². The molecule has 1 aromatic rings. The number of nitrogens with zero attached hydrogens (tertiary/aromatic N) is 1. The molecule has 0 aliphatic carbocycles. The SMILES string of the molecule is COC(=O)Cc1c(OC(F)(F)F)ncc(C)c1CN. The summed E-state index contributed by atoms with van der Waals surface area (Å²) in [6.07, 6.45) is -4.06. The highest BCUT2D eigenvalue weighted by Crippen LogP contribution is 2.28. The zero-order valence-corrected chi connectivity index (χ0v) is 10.4. The molecular formula is C11H13F3N2O3. The Kier molecular flexibility index (Phi) is 4.71. The van der Waals surface area contributed by atoms with Gasteiger partial charge in [-0.15, -0.1) is 13.2 Å². The maximum Gasteiger partial charge on any atom is 0.574 e. The summed E-state index contributed by atoms with van der Waals surface area (Å²) in [5, 5.41) is 0. The van der Waals surface area contributed by atoms with E-state index in [1.165, 1.54) is 6.20 Å². The standard InChI is InChI=1S/C11H13F3N2O3/c1-6-5-16-10(19-11(12,13)14)7(8(6)4-15)3-9(17)18-2/h5H,3-4,15H2,1-2H3. The molecular weight excluding hydrogens is 265 g/mol. The van der Waals surface area contributed by atoms with Crippen molar-refractivity contribution >= 4 is 5.97 Å². The van der Waals surface area contributed by atoms with E-state index in [9.17, 15) is 18.0 Å². The molecule has 106 valence electrons. The van der Waals surface area contributed by atoms with Crippen LogP contribution < -0.4 is 10.5 Å². The second-order valence-corrected chi connectivity index (χ2v) is 3.71. The van der Waals surface area contributed by atoms with Gasteiger partial charge in [-0.05, 0) is 18.1 Å². The van der Waals surface area contributed by atoms with Crippen LogP contribution in [0.5, 0.6) is 5.88 Å². The van der Waals surface area contributed by atoms with Crippen molar-refractivity contribution < 1.29 is 27.4 Å². The van der Waals surface area contributed by atoms with Crippen LogP contribution in [0, 0.1) is 6.92 Å². The Morgan fingerprint density at radius 3 is 2.53 bits per heavy atom. The summed E-state index contributed by atoms with van der Waals surface area (Å²) in [6, 6.07) is 0. The van der Waals surface area contributed by atoms with Crippen molar-refractivity contribution in [3.63, 3.8) is 0 Å². The number of methoxy groups -OCH3 is 1. The van der Waals surface area contributed by atoms with Crippen molar-refractivity contribution in [3.05, 3.63) is 22.9 Å². The largest absolute Gasteiger partial charge is 0.574 e. The molecule has 0 saturated heterocycles. The highest BCUT2D eigenvalue weighted by molar-refractivity contribution is 5.74. The summed E-state index contributed by atoms with van der Waals surface area (Å²) < 4.78 is 45.0. The van der Waals surface area contributed by atoms with Crippen molar-refractivity contribution in [2.45, 2.75) is 26.3 Å². The van der Waals surface area contributed by atoms with Gasteiger partial charge in [0.05, 0.1) is 13.5 Å². The molecule has 0 atom stereocenters. The molecule has 0 saturated carbocycles. The fourth-order valence-electron chi connectivity index (χ4n) is 1.56. The number of hydrogen-bond donors (Lipinski definition) is 1. The van der Waals surface area contributed by atoms with Gasteiger partial charge in [0, 0.05) is 18.3 Å². The second kappa shape index (κ2) is 5.87. The molecule has 0 bridgehead atoms. The zero-order valence-electron chi connectivity index (χ0n) is 10.4. The van der Waals surface area contributed by atoms with Crippen LogP contribution in [-0.2, 0) is 22.5 Å². The summed E-state index contributed by atoms with van der Waals surface area (Å²) in [6.45, 7) is 1.60. The van der Waals surface area contributed by atoms with E-state index < -0.39 is 18.2 Å². The lowest BCUT2D eigenvalue weighted by atomic mass is 10.0. The van der Waals surface area contributed by atoms with Gasteiger partial charge in [0.25, 0.3) is 0 Å². The average molecular weight is 278 g/mol. The van der Waals surface area contributed by atoms with Gasteiger partial charge >= 0.3 is 12.3 Å². The number of carbonyl (C=O) groups excluding carboxylic acids is 1. The van der Waals surface area contributed by atoms with Gasteiger partial charge in [0.2, 0.25) is 5.88 Å². The van der Waals surface area contributed by atoms with Crippen molar-refractivity contribution in [3.8, 4) is 5.88 Å². The van der Waals surface area contributed by atoms with Gasteiger partial charge in [0.15, 0.2) is 0 Å². The third-order valence-electron chi connectivity index (χ3n) is 2.44. The molecule has 19 heavy (non-hydrogen) atoms. The lowest BCUT2D eigenvalue weighted by Crippen LogP contribution is -2.21. The monoisotopic (exact) mass is 278 g/mol. The molecule has 0 aliphatic heterocycles. The summed E-state index contributed by atoms with van der Waals surface area (Å²) in [5.74, 6) is -1.38. The van der Waals surface area contributed by atoms with Gasteiger partial charge in [-0.2, -0.15) is 0 Å². The van der Waals surface area contributed by atoms with Crippen molar-refractivity contribution in [1.82, 2.24) is 4.98 Å². The molecule has 0 aliphatic rings. The molecule has 0 amide bonds. The highest BCUT2D eigenvalue weighted by Gasteiger charge is 2.33. The maximum atomic E-state index is 12.3. The van der Waals surface area contributed by atoms with Gasteiger partial charge in [-0.3, -0.25) is 4.79 Å². The molecule has 0 unspecified atom stereocenters. The third kappa shape index (κ3) is 4.09. The predicted molar refractivity (Wildman–Crippen MR) is 59.3 cm³/mol. The Hall–Kier alpha value is -1.83. The number of ether oxygens (including phenoxy) is 2. The topological polar surface area (TPSA) is 74.4 Å². The normalized spacial score (nSPS) is 11.3. The summed E-state index contributed by atoms with van der Waals surface area (Å²) in [5.41, 5.74) is 6.45. The number of esters is 1. The van der Waals surface area contributed by atoms with E-state index in [-0.39, 0.29) is 18.5 Å². The second-order valence-electron chi connectivity index (χ2n) is 3.71. The minimum Gasteiger partial charge on any atom is -0.469 e. The van der Waals surface area contributed by atoms with Gasteiger partial charge in [0.1, 0.15) is 0 Å². The van der Waals surface area contributed by atoms with Crippen LogP contribution in [0.4, 0.5) is 13.2 Å². The first-order valence-corrected chi connectivity index (χ1v) is 5.28. The molecule has 1 rings (SSSR count). The Bertz CT molecular complexity index is 475. The van der Waals surface area contributed by atoms with Crippen LogP contribution >= 0.6 is 0 Å². The van der Waals surface area contributed by atoms with Crippen LogP contribution in [0.3, 0.4) is 0 Å². The molecule has 0 fully saturated rings. The minimum absolute atomic E-state index is 0.00771. The third-order valence-corrected chi connectivity index (χ3v) is 2.44. The number of aryl methyl sites for hydroxylation is 1. The van der Waals surface area contributed by atoms with Crippen LogP contribution in [0.25, 0.3) is 0 Å². The molecule has 0 spiro atoms. The molecule has 1 aromatic heterocycles. The first kappa shape index (κ1) is 15.2. The summed E-state index contributed by atoms with van der Waals surface area (Å²) >= 11 is 0. The van der Waals surface area contributed by atoms with Crippen molar-refractivity contribution in [2.75, 3.05) is 7.11 Å². The average Bonchev–Trinajstić information content (AvgIpc) is 2.31. The quantitative estimate of drug-likeness (QED) is 0.844. The fourth-order valence-corrected chi connectivity index (χ4v) is 1.56. The van der Waals surface area contributed by atoms with Crippen molar-refractivity contribution in [2.24, 2.45) is 5.73 Å². The number of hydrogen-bond acceptors (Lipinski definition) is 5. The van der Waals surface area contributed by atoms with E-state index in [0.717, 1.165) is 7.11 Å². The number of carbonyl (C=O) groups is 1. The molecule has 0 radical (unpaired) electrons. The van der Waals surface area contributed by atoms with E-state index in [2.05, 4.69) is 14.5 Å². The number of alkyl halides is 3. The smallest absolute Gasteiger partial charge is 0.469 e. The number of nitrogens with two attached hydrogens (primary N) is 1. The first-order valence-electron chi connectivity index (χ1n) is 5.28. The molecule has 1 heterocycles. The fraction of sp³-hybridized carbons (Fsp3) is 0.455. The molecule has 8 heteroatoms. The Balaban J connectivity index is 3.25. The van der Waals surface area contributed by atoms with E-state index in [1.807, 2.05) is 0 Å². The highest BCUT2D eigenvalue weighted by atomic mass is 19.4. The van der Waals surface area contributed by atoms with E-state index in [1.54, 1.807) is 6.92 Å². The van der Waals surface area contributed by atoms with Gasteiger partial charge in [-0.1, -0.05) is 0 Å². The Labute approximate surface area is 107 Å². The lowest BCUT2D eigenvalue weighted by molar-refractivity contribution is -0.276.